The fourth-order valence-corrected chi connectivity index (χ4v) is 1.92. The SMILES string of the molecule is CC(C)(C)OC(=O)N[C@@H]1CN[C@H](C(=O)OC(=O)OC(C)(C)C)C1. The highest BCUT2D eigenvalue weighted by atomic mass is 16.7. The van der Waals surface area contributed by atoms with Gasteiger partial charge in [0, 0.05) is 12.6 Å². The van der Waals surface area contributed by atoms with Gasteiger partial charge in [-0.15, -0.1) is 0 Å². The largest absolute Gasteiger partial charge is 0.516 e. The van der Waals surface area contributed by atoms with Crippen LogP contribution in [0.3, 0.4) is 0 Å². The maximum atomic E-state index is 11.9. The quantitative estimate of drug-likeness (QED) is 0.587. The minimum atomic E-state index is -1.03. The van der Waals surface area contributed by atoms with Gasteiger partial charge in [-0.25, -0.2) is 14.4 Å². The molecule has 0 aliphatic carbocycles. The molecular weight excluding hydrogens is 304 g/mol. The molecule has 1 saturated heterocycles. The second-order valence-corrected chi connectivity index (χ2v) is 7.43. The fourth-order valence-electron chi connectivity index (χ4n) is 1.92. The van der Waals surface area contributed by atoms with Crippen LogP contribution in [0.15, 0.2) is 0 Å². The predicted molar refractivity (Wildman–Crippen MR) is 81.9 cm³/mol. The van der Waals surface area contributed by atoms with Gasteiger partial charge in [0.1, 0.15) is 17.2 Å². The number of rotatable bonds is 2. The van der Waals surface area contributed by atoms with Crippen LogP contribution >= 0.6 is 0 Å². The van der Waals surface area contributed by atoms with Gasteiger partial charge in [0.2, 0.25) is 0 Å². The molecule has 2 N–H and O–H groups in total. The molecule has 0 aromatic carbocycles. The third kappa shape index (κ3) is 7.83. The number of alkyl carbamates (subject to hydrolysis) is 1. The topological polar surface area (TPSA) is 103 Å². The second kappa shape index (κ2) is 7.16. The van der Waals surface area contributed by atoms with Crippen molar-refractivity contribution in [1.82, 2.24) is 10.6 Å². The summed E-state index contributed by atoms with van der Waals surface area (Å²) in [6.07, 6.45) is -1.28. The molecule has 23 heavy (non-hydrogen) atoms. The van der Waals surface area contributed by atoms with E-state index in [1.807, 2.05) is 0 Å². The Kier molecular flexibility index (Phi) is 5.98. The number of hydrogen-bond donors (Lipinski definition) is 2. The second-order valence-electron chi connectivity index (χ2n) is 7.43. The van der Waals surface area contributed by atoms with Crippen molar-refractivity contribution in [2.45, 2.75) is 71.2 Å². The van der Waals surface area contributed by atoms with E-state index in [4.69, 9.17) is 9.47 Å². The van der Waals surface area contributed by atoms with E-state index in [9.17, 15) is 14.4 Å². The average molecular weight is 330 g/mol. The Hall–Kier alpha value is -1.83. The van der Waals surface area contributed by atoms with E-state index in [-0.39, 0.29) is 6.04 Å². The molecule has 8 heteroatoms. The minimum absolute atomic E-state index is 0.277. The summed E-state index contributed by atoms with van der Waals surface area (Å²) in [5, 5.41) is 5.55. The lowest BCUT2D eigenvalue weighted by Gasteiger charge is -2.21. The number of esters is 1. The summed E-state index contributed by atoms with van der Waals surface area (Å²) < 4.78 is 14.7. The summed E-state index contributed by atoms with van der Waals surface area (Å²) in [7, 11) is 0. The summed E-state index contributed by atoms with van der Waals surface area (Å²) in [4.78, 5) is 35.0. The zero-order valence-electron chi connectivity index (χ0n) is 14.5. The normalized spacial score (nSPS) is 21.5. The number of carbonyl (C=O) groups excluding carboxylic acids is 3. The summed E-state index contributed by atoms with van der Waals surface area (Å²) in [5.41, 5.74) is -1.33. The van der Waals surface area contributed by atoms with E-state index in [1.165, 1.54) is 0 Å². The van der Waals surface area contributed by atoms with Crippen LogP contribution in [0, 0.1) is 0 Å². The molecule has 0 aromatic heterocycles. The molecule has 8 nitrogen and oxygen atoms in total. The van der Waals surface area contributed by atoms with Gasteiger partial charge in [0.05, 0.1) is 0 Å². The third-order valence-corrected chi connectivity index (χ3v) is 2.71. The molecule has 0 saturated carbocycles. The molecule has 2 atom stereocenters. The van der Waals surface area contributed by atoms with E-state index in [1.54, 1.807) is 41.5 Å². The van der Waals surface area contributed by atoms with Crippen molar-refractivity contribution in [3.63, 3.8) is 0 Å². The van der Waals surface area contributed by atoms with E-state index in [0.717, 1.165) is 0 Å². The van der Waals surface area contributed by atoms with Crippen molar-refractivity contribution in [2.24, 2.45) is 0 Å². The molecule has 132 valence electrons. The van der Waals surface area contributed by atoms with Crippen LogP contribution in [0.5, 0.6) is 0 Å². The Morgan fingerprint density at radius 2 is 1.57 bits per heavy atom. The highest BCUT2D eigenvalue weighted by Crippen LogP contribution is 2.13. The lowest BCUT2D eigenvalue weighted by Crippen LogP contribution is -2.40. The number of carbonyl (C=O) groups is 3. The first-order valence-corrected chi connectivity index (χ1v) is 7.53. The molecule has 0 bridgehead atoms. The first-order valence-electron chi connectivity index (χ1n) is 7.53. The van der Waals surface area contributed by atoms with Crippen molar-refractivity contribution in [1.29, 1.82) is 0 Å². The molecule has 0 radical (unpaired) electrons. The lowest BCUT2D eigenvalue weighted by atomic mass is 10.2. The summed E-state index contributed by atoms with van der Waals surface area (Å²) in [5.74, 6) is -0.729. The highest BCUT2D eigenvalue weighted by Gasteiger charge is 2.34. The zero-order valence-corrected chi connectivity index (χ0v) is 14.5. The van der Waals surface area contributed by atoms with E-state index in [2.05, 4.69) is 15.4 Å². The van der Waals surface area contributed by atoms with Gasteiger partial charge in [0.25, 0.3) is 0 Å². The van der Waals surface area contributed by atoms with Gasteiger partial charge >= 0.3 is 18.2 Å². The number of ether oxygens (including phenoxy) is 3. The van der Waals surface area contributed by atoms with Gasteiger partial charge in [-0.1, -0.05) is 0 Å². The van der Waals surface area contributed by atoms with Crippen LogP contribution < -0.4 is 10.6 Å². The van der Waals surface area contributed by atoms with Crippen LogP contribution in [-0.4, -0.2) is 48.0 Å². The Morgan fingerprint density at radius 1 is 1.00 bits per heavy atom. The summed E-state index contributed by atoms with van der Waals surface area (Å²) >= 11 is 0. The average Bonchev–Trinajstić information content (AvgIpc) is 2.71. The van der Waals surface area contributed by atoms with Gasteiger partial charge in [-0.05, 0) is 48.0 Å². The number of amides is 1. The highest BCUT2D eigenvalue weighted by molar-refractivity contribution is 5.86. The van der Waals surface area contributed by atoms with Crippen molar-refractivity contribution in [2.75, 3.05) is 6.54 Å². The predicted octanol–water partition coefficient (Wildman–Crippen LogP) is 1.72. The smallest absolute Gasteiger partial charge is 0.444 e. The van der Waals surface area contributed by atoms with Gasteiger partial charge in [-0.3, -0.25) is 0 Å². The van der Waals surface area contributed by atoms with E-state index in [0.29, 0.717) is 13.0 Å². The molecule has 1 amide bonds. The van der Waals surface area contributed by atoms with Gasteiger partial charge in [0.15, 0.2) is 0 Å². The molecule has 1 aliphatic heterocycles. The molecular formula is C15H26N2O6. The van der Waals surface area contributed by atoms with Crippen LogP contribution in [-0.2, 0) is 19.0 Å². The fraction of sp³-hybridized carbons (Fsp3) is 0.800. The van der Waals surface area contributed by atoms with Crippen molar-refractivity contribution in [3.8, 4) is 0 Å². The Morgan fingerprint density at radius 3 is 2.09 bits per heavy atom. The molecule has 0 aromatic rings. The van der Waals surface area contributed by atoms with Crippen molar-refractivity contribution >= 4 is 18.2 Å². The Balaban J connectivity index is 2.40. The van der Waals surface area contributed by atoms with Crippen LogP contribution in [0.25, 0.3) is 0 Å². The summed E-state index contributed by atoms with van der Waals surface area (Å²) in [6, 6.07) is -0.955. The van der Waals surface area contributed by atoms with Gasteiger partial charge < -0.3 is 24.8 Å². The van der Waals surface area contributed by atoms with Crippen LogP contribution in [0.1, 0.15) is 48.0 Å². The molecule has 0 spiro atoms. The Bertz CT molecular complexity index is 464. The van der Waals surface area contributed by atoms with E-state index >= 15 is 0 Å². The van der Waals surface area contributed by atoms with Gasteiger partial charge in [-0.2, -0.15) is 0 Å². The maximum absolute atomic E-state index is 11.9. The molecule has 1 fully saturated rings. The molecule has 1 rings (SSSR count). The standard InChI is InChI=1S/C15H26N2O6/c1-14(2,3)22-12(19)17-9-7-10(16-8-9)11(18)21-13(20)23-15(4,5)6/h9-10,16H,7-8H2,1-6H3,(H,17,19)/t9-,10-/m0/s1. The first kappa shape index (κ1) is 19.2. The van der Waals surface area contributed by atoms with Crippen LogP contribution in [0.2, 0.25) is 0 Å². The number of nitrogens with one attached hydrogen (secondary N) is 2. The molecule has 1 aliphatic rings. The van der Waals surface area contributed by atoms with Crippen molar-refractivity contribution < 1.29 is 28.6 Å². The monoisotopic (exact) mass is 330 g/mol. The van der Waals surface area contributed by atoms with E-state index < -0.39 is 35.5 Å². The number of hydrogen-bond acceptors (Lipinski definition) is 7. The Labute approximate surface area is 136 Å². The summed E-state index contributed by atoms with van der Waals surface area (Å²) in [6.45, 7) is 10.7. The first-order chi connectivity index (χ1) is 10.4. The van der Waals surface area contributed by atoms with Crippen molar-refractivity contribution in [3.05, 3.63) is 0 Å². The maximum Gasteiger partial charge on any atom is 0.516 e. The van der Waals surface area contributed by atoms with Crippen LogP contribution in [0.4, 0.5) is 9.59 Å². The lowest BCUT2D eigenvalue weighted by molar-refractivity contribution is -0.143. The zero-order chi connectivity index (χ0) is 17.8. The minimum Gasteiger partial charge on any atom is -0.444 e. The molecule has 0 unspecified atom stereocenters. The molecule has 1 heterocycles. The third-order valence-electron chi connectivity index (χ3n) is 2.71.